The van der Waals surface area contributed by atoms with Crippen LogP contribution in [0.3, 0.4) is 0 Å². The standard InChI is InChI=1S/C19H29N7O2/c1-4-26-15(5-7-20-26)19(28)23-8-6-17-21-22-18(24(17)10-9-23)16-11-14(27)12-25(16)13(2)3/h5,7,13-14,16,27H,4,6,8-12H2,1-3H3/t14-,16+/m1/s1. The molecule has 4 rings (SSSR count). The van der Waals surface area contributed by atoms with E-state index in [1.807, 2.05) is 11.8 Å². The molecular weight excluding hydrogens is 358 g/mol. The first-order valence-corrected chi connectivity index (χ1v) is 10.2. The Kier molecular flexibility index (Phi) is 5.20. The molecule has 1 amide bonds. The van der Waals surface area contributed by atoms with Crippen LogP contribution in [-0.2, 0) is 19.5 Å². The van der Waals surface area contributed by atoms with Crippen molar-refractivity contribution >= 4 is 5.91 Å². The first-order valence-electron chi connectivity index (χ1n) is 10.2. The number of aliphatic hydroxyl groups excluding tert-OH is 1. The number of hydrogen-bond donors (Lipinski definition) is 1. The van der Waals surface area contributed by atoms with Crippen molar-refractivity contribution < 1.29 is 9.90 Å². The van der Waals surface area contributed by atoms with E-state index in [4.69, 9.17) is 0 Å². The van der Waals surface area contributed by atoms with Crippen LogP contribution in [0.4, 0.5) is 0 Å². The molecule has 9 heteroatoms. The number of rotatable bonds is 4. The molecule has 0 bridgehead atoms. The summed E-state index contributed by atoms with van der Waals surface area (Å²) in [7, 11) is 0. The summed E-state index contributed by atoms with van der Waals surface area (Å²) in [5, 5.41) is 23.3. The van der Waals surface area contributed by atoms with Crippen molar-refractivity contribution in [1.82, 2.24) is 34.3 Å². The van der Waals surface area contributed by atoms with Gasteiger partial charge in [0, 0.05) is 51.4 Å². The van der Waals surface area contributed by atoms with Crippen LogP contribution in [0, 0.1) is 0 Å². The molecule has 0 unspecified atom stereocenters. The molecule has 4 heterocycles. The van der Waals surface area contributed by atoms with E-state index in [0.29, 0.717) is 57.3 Å². The van der Waals surface area contributed by atoms with E-state index >= 15 is 0 Å². The van der Waals surface area contributed by atoms with E-state index in [9.17, 15) is 9.90 Å². The maximum Gasteiger partial charge on any atom is 0.272 e. The second kappa shape index (κ2) is 7.63. The SMILES string of the molecule is CCn1nccc1C(=O)N1CCc2nnc([C@@H]3C[C@@H](O)CN3C(C)C)n2CC1. The smallest absolute Gasteiger partial charge is 0.272 e. The van der Waals surface area contributed by atoms with E-state index in [2.05, 4.69) is 38.6 Å². The Morgan fingerprint density at radius 3 is 2.86 bits per heavy atom. The summed E-state index contributed by atoms with van der Waals surface area (Å²) in [6, 6.07) is 2.18. The molecule has 1 fully saturated rings. The highest BCUT2D eigenvalue weighted by Gasteiger charge is 2.37. The second-order valence-electron chi connectivity index (χ2n) is 7.90. The van der Waals surface area contributed by atoms with Gasteiger partial charge in [0.15, 0.2) is 5.82 Å². The maximum atomic E-state index is 13.0. The number of aryl methyl sites for hydroxylation is 1. The number of carbonyl (C=O) groups is 1. The van der Waals surface area contributed by atoms with Gasteiger partial charge in [0.25, 0.3) is 5.91 Å². The number of nitrogens with zero attached hydrogens (tertiary/aromatic N) is 7. The number of aromatic nitrogens is 5. The first kappa shape index (κ1) is 19.1. The average Bonchev–Trinajstić information content (AvgIpc) is 3.36. The van der Waals surface area contributed by atoms with Crippen LogP contribution < -0.4 is 0 Å². The minimum absolute atomic E-state index is 0.0136. The minimum atomic E-state index is -0.335. The van der Waals surface area contributed by atoms with Crippen LogP contribution in [0.15, 0.2) is 12.3 Å². The molecule has 2 aliphatic rings. The summed E-state index contributed by atoms with van der Waals surface area (Å²) in [5.41, 5.74) is 0.630. The van der Waals surface area contributed by atoms with Gasteiger partial charge in [0.1, 0.15) is 11.5 Å². The fourth-order valence-electron chi connectivity index (χ4n) is 4.39. The van der Waals surface area contributed by atoms with Crippen molar-refractivity contribution in [3.05, 3.63) is 29.6 Å². The zero-order valence-electron chi connectivity index (χ0n) is 16.8. The number of carbonyl (C=O) groups excluding carboxylic acids is 1. The topological polar surface area (TPSA) is 92.3 Å². The normalized spacial score (nSPS) is 23.2. The molecule has 152 valence electrons. The molecule has 1 N–H and O–H groups in total. The Balaban J connectivity index is 1.53. The number of amides is 1. The summed E-state index contributed by atoms with van der Waals surface area (Å²) in [5.74, 6) is 1.84. The number of fused-ring (bicyclic) bond motifs is 1. The molecule has 9 nitrogen and oxygen atoms in total. The van der Waals surface area contributed by atoms with Gasteiger partial charge in [-0.1, -0.05) is 0 Å². The lowest BCUT2D eigenvalue weighted by atomic mass is 10.1. The zero-order chi connectivity index (χ0) is 19.8. The van der Waals surface area contributed by atoms with Crippen molar-refractivity contribution in [2.24, 2.45) is 0 Å². The van der Waals surface area contributed by atoms with E-state index in [1.165, 1.54) is 0 Å². The largest absolute Gasteiger partial charge is 0.392 e. The molecule has 1 saturated heterocycles. The molecule has 2 aromatic heterocycles. The van der Waals surface area contributed by atoms with Crippen LogP contribution in [0.2, 0.25) is 0 Å². The highest BCUT2D eigenvalue weighted by Crippen LogP contribution is 2.33. The molecule has 0 saturated carbocycles. The van der Waals surface area contributed by atoms with E-state index in [1.54, 1.807) is 16.9 Å². The Morgan fingerprint density at radius 1 is 1.29 bits per heavy atom. The lowest BCUT2D eigenvalue weighted by Gasteiger charge is -2.27. The van der Waals surface area contributed by atoms with E-state index < -0.39 is 0 Å². The van der Waals surface area contributed by atoms with Crippen molar-refractivity contribution in [3.63, 3.8) is 0 Å². The summed E-state index contributed by atoms with van der Waals surface area (Å²) in [4.78, 5) is 17.1. The van der Waals surface area contributed by atoms with Gasteiger partial charge in [-0.05, 0) is 33.3 Å². The molecule has 2 aromatic rings. The van der Waals surface area contributed by atoms with Crippen LogP contribution in [0.5, 0.6) is 0 Å². The second-order valence-corrected chi connectivity index (χ2v) is 7.90. The number of hydrogen-bond acceptors (Lipinski definition) is 6. The molecule has 2 atom stereocenters. The third-order valence-corrected chi connectivity index (χ3v) is 5.86. The molecule has 2 aliphatic heterocycles. The molecule has 28 heavy (non-hydrogen) atoms. The van der Waals surface area contributed by atoms with Crippen molar-refractivity contribution in [1.29, 1.82) is 0 Å². The highest BCUT2D eigenvalue weighted by molar-refractivity contribution is 5.92. The number of β-amino-alcohol motifs (C(OH)–C–C–N with tert-alkyl or cyclic N) is 1. The Morgan fingerprint density at radius 2 is 2.11 bits per heavy atom. The average molecular weight is 387 g/mol. The molecule has 0 aromatic carbocycles. The molecular formula is C19H29N7O2. The van der Waals surface area contributed by atoms with Gasteiger partial charge >= 0.3 is 0 Å². The Labute approximate surface area is 164 Å². The van der Waals surface area contributed by atoms with Gasteiger partial charge in [0.05, 0.1) is 12.1 Å². The van der Waals surface area contributed by atoms with Gasteiger partial charge < -0.3 is 14.6 Å². The Bertz CT molecular complexity index is 843. The molecule has 0 spiro atoms. The van der Waals surface area contributed by atoms with E-state index in [-0.39, 0.29) is 18.1 Å². The predicted octanol–water partition coefficient (Wildman–Crippen LogP) is 0.709. The lowest BCUT2D eigenvalue weighted by molar-refractivity contribution is 0.0745. The Hall–Kier alpha value is -2.26. The van der Waals surface area contributed by atoms with Gasteiger partial charge in [-0.3, -0.25) is 14.4 Å². The van der Waals surface area contributed by atoms with Gasteiger partial charge in [-0.2, -0.15) is 5.10 Å². The summed E-state index contributed by atoms with van der Waals surface area (Å²) in [6.07, 6.45) is 2.69. The van der Waals surface area contributed by atoms with Gasteiger partial charge in [-0.25, -0.2) is 0 Å². The maximum absolute atomic E-state index is 13.0. The quantitative estimate of drug-likeness (QED) is 0.831. The molecule has 0 aliphatic carbocycles. The van der Waals surface area contributed by atoms with Crippen LogP contribution in [0.1, 0.15) is 55.4 Å². The fraction of sp³-hybridized carbons (Fsp3) is 0.684. The third-order valence-electron chi connectivity index (χ3n) is 5.86. The predicted molar refractivity (Wildman–Crippen MR) is 103 cm³/mol. The third kappa shape index (κ3) is 3.33. The van der Waals surface area contributed by atoms with Gasteiger partial charge in [-0.15, -0.1) is 10.2 Å². The highest BCUT2D eigenvalue weighted by atomic mass is 16.3. The van der Waals surface area contributed by atoms with Crippen LogP contribution in [0.25, 0.3) is 0 Å². The zero-order valence-corrected chi connectivity index (χ0v) is 16.8. The van der Waals surface area contributed by atoms with E-state index in [0.717, 1.165) is 11.6 Å². The van der Waals surface area contributed by atoms with Crippen molar-refractivity contribution in [2.45, 2.75) is 64.9 Å². The van der Waals surface area contributed by atoms with Gasteiger partial charge in [0.2, 0.25) is 0 Å². The first-order chi connectivity index (χ1) is 13.5. The fourth-order valence-corrected chi connectivity index (χ4v) is 4.39. The van der Waals surface area contributed by atoms with Crippen LogP contribution >= 0.6 is 0 Å². The van der Waals surface area contributed by atoms with Crippen LogP contribution in [-0.4, -0.2) is 77.1 Å². The van der Waals surface area contributed by atoms with Crippen molar-refractivity contribution in [3.8, 4) is 0 Å². The summed E-state index contributed by atoms with van der Waals surface area (Å²) in [6.45, 7) is 9.50. The minimum Gasteiger partial charge on any atom is -0.392 e. The monoisotopic (exact) mass is 387 g/mol. The number of aliphatic hydroxyl groups is 1. The molecule has 0 radical (unpaired) electrons. The van der Waals surface area contributed by atoms with Crippen molar-refractivity contribution in [2.75, 3.05) is 19.6 Å². The summed E-state index contributed by atoms with van der Waals surface area (Å²) < 4.78 is 3.89. The lowest BCUT2D eigenvalue weighted by Crippen LogP contribution is -2.35. The number of likely N-dealkylation sites (tertiary alicyclic amines) is 1. The summed E-state index contributed by atoms with van der Waals surface area (Å²) >= 11 is 0.